The van der Waals surface area contributed by atoms with Gasteiger partial charge in [-0.15, -0.1) is 10.2 Å². The fourth-order valence-corrected chi connectivity index (χ4v) is 2.33. The zero-order chi connectivity index (χ0) is 16.7. The average Bonchev–Trinajstić information content (AvgIpc) is 3.06. The zero-order valence-electron chi connectivity index (χ0n) is 12.7. The van der Waals surface area contributed by atoms with Crippen molar-refractivity contribution in [2.75, 3.05) is 5.73 Å². The Kier molecular flexibility index (Phi) is 3.19. The van der Waals surface area contributed by atoms with Crippen LogP contribution in [-0.2, 0) is 0 Å². The summed E-state index contributed by atoms with van der Waals surface area (Å²) in [6, 6.07) is 12.1. The third-order valence-corrected chi connectivity index (χ3v) is 3.64. The third kappa shape index (κ3) is 2.36. The van der Waals surface area contributed by atoms with Crippen LogP contribution < -0.4 is 5.73 Å². The molecule has 0 atom stereocenters. The van der Waals surface area contributed by atoms with Crippen molar-refractivity contribution < 1.29 is 8.81 Å². The molecule has 0 saturated carbocycles. The van der Waals surface area contributed by atoms with Gasteiger partial charge in [0.15, 0.2) is 11.5 Å². The molecule has 0 unspecified atom stereocenters. The molecule has 24 heavy (non-hydrogen) atoms. The minimum atomic E-state index is -0.336. The van der Waals surface area contributed by atoms with E-state index >= 15 is 0 Å². The molecular formula is C17H12FN5O. The van der Waals surface area contributed by atoms with Crippen LogP contribution in [0.3, 0.4) is 0 Å². The Morgan fingerprint density at radius 2 is 1.67 bits per heavy atom. The summed E-state index contributed by atoms with van der Waals surface area (Å²) in [5.41, 5.74) is 8.64. The van der Waals surface area contributed by atoms with Crippen LogP contribution in [0.15, 0.2) is 46.9 Å². The van der Waals surface area contributed by atoms with E-state index in [9.17, 15) is 4.39 Å². The minimum Gasteiger partial charge on any atom is -0.414 e. The van der Waals surface area contributed by atoms with Gasteiger partial charge in [-0.3, -0.25) is 0 Å². The summed E-state index contributed by atoms with van der Waals surface area (Å²) in [5, 5.41) is 7.91. The Morgan fingerprint density at radius 3 is 2.42 bits per heavy atom. The van der Waals surface area contributed by atoms with Crippen molar-refractivity contribution in [1.82, 2.24) is 20.2 Å². The molecule has 0 aliphatic heterocycles. The van der Waals surface area contributed by atoms with Crippen LogP contribution in [0.2, 0.25) is 0 Å². The van der Waals surface area contributed by atoms with Crippen LogP contribution in [0.25, 0.3) is 34.1 Å². The van der Waals surface area contributed by atoms with Crippen LogP contribution in [0.4, 0.5) is 10.2 Å². The van der Waals surface area contributed by atoms with Crippen molar-refractivity contribution >= 4 is 16.9 Å². The minimum absolute atomic E-state index is 0.140. The SMILES string of the molecule is Cc1ccc(-c2nnc(-c3nc4ccccc4nc3N)o2)cc1F. The number of aryl methyl sites for hydroxylation is 1. The molecule has 0 fully saturated rings. The topological polar surface area (TPSA) is 90.7 Å². The second-order valence-corrected chi connectivity index (χ2v) is 5.32. The smallest absolute Gasteiger partial charge is 0.270 e. The number of rotatable bonds is 2. The van der Waals surface area contributed by atoms with Crippen LogP contribution in [0.1, 0.15) is 5.56 Å². The van der Waals surface area contributed by atoms with Gasteiger partial charge >= 0.3 is 0 Å². The van der Waals surface area contributed by atoms with Gasteiger partial charge in [-0.1, -0.05) is 18.2 Å². The summed E-state index contributed by atoms with van der Waals surface area (Å²) in [6.07, 6.45) is 0. The van der Waals surface area contributed by atoms with E-state index in [1.54, 1.807) is 19.1 Å². The van der Waals surface area contributed by atoms with Gasteiger partial charge in [-0.2, -0.15) is 0 Å². The Balaban J connectivity index is 1.79. The maximum absolute atomic E-state index is 13.7. The summed E-state index contributed by atoms with van der Waals surface area (Å²) in [6.45, 7) is 1.68. The predicted molar refractivity (Wildman–Crippen MR) is 87.4 cm³/mol. The summed E-state index contributed by atoms with van der Waals surface area (Å²) >= 11 is 0. The monoisotopic (exact) mass is 321 g/mol. The second kappa shape index (κ2) is 5.38. The summed E-state index contributed by atoms with van der Waals surface area (Å²) in [4.78, 5) is 8.71. The Hall–Kier alpha value is -3.35. The first-order valence-corrected chi connectivity index (χ1v) is 7.24. The van der Waals surface area contributed by atoms with E-state index in [1.807, 2.05) is 24.3 Å². The molecule has 7 heteroatoms. The van der Waals surface area contributed by atoms with E-state index in [2.05, 4.69) is 20.2 Å². The lowest BCUT2D eigenvalue weighted by molar-refractivity contribution is 0.579. The van der Waals surface area contributed by atoms with Crippen molar-refractivity contribution in [3.05, 3.63) is 53.8 Å². The molecule has 0 bridgehead atoms. The number of nitrogens with two attached hydrogens (primary N) is 1. The van der Waals surface area contributed by atoms with Gasteiger partial charge in [0, 0.05) is 5.56 Å². The molecule has 6 nitrogen and oxygen atoms in total. The number of aromatic nitrogens is 4. The Bertz CT molecular complexity index is 1060. The van der Waals surface area contributed by atoms with Gasteiger partial charge in [-0.05, 0) is 36.8 Å². The Labute approximate surface area is 136 Å². The van der Waals surface area contributed by atoms with Gasteiger partial charge in [0.2, 0.25) is 5.89 Å². The van der Waals surface area contributed by atoms with Crippen molar-refractivity contribution in [1.29, 1.82) is 0 Å². The molecule has 0 amide bonds. The first-order valence-electron chi connectivity index (χ1n) is 7.24. The van der Waals surface area contributed by atoms with Crippen molar-refractivity contribution in [2.24, 2.45) is 0 Å². The third-order valence-electron chi connectivity index (χ3n) is 3.64. The maximum Gasteiger partial charge on any atom is 0.270 e. The zero-order valence-corrected chi connectivity index (χ0v) is 12.7. The highest BCUT2D eigenvalue weighted by molar-refractivity contribution is 5.80. The summed E-state index contributed by atoms with van der Waals surface area (Å²) < 4.78 is 19.3. The van der Waals surface area contributed by atoms with Gasteiger partial charge in [0.1, 0.15) is 5.82 Å². The van der Waals surface area contributed by atoms with E-state index in [0.29, 0.717) is 27.9 Å². The molecule has 0 spiro atoms. The van der Waals surface area contributed by atoms with Crippen LogP contribution in [-0.4, -0.2) is 20.2 Å². The molecule has 2 aromatic heterocycles. The second-order valence-electron chi connectivity index (χ2n) is 5.32. The highest BCUT2D eigenvalue weighted by atomic mass is 19.1. The lowest BCUT2D eigenvalue weighted by atomic mass is 10.1. The Morgan fingerprint density at radius 1 is 0.958 bits per heavy atom. The van der Waals surface area contributed by atoms with Crippen molar-refractivity contribution in [2.45, 2.75) is 6.92 Å². The first kappa shape index (κ1) is 14.3. The highest BCUT2D eigenvalue weighted by Gasteiger charge is 2.17. The lowest BCUT2D eigenvalue weighted by Crippen LogP contribution is -1.98. The number of anilines is 1. The average molecular weight is 321 g/mol. The van der Waals surface area contributed by atoms with Gasteiger partial charge in [-0.25, -0.2) is 14.4 Å². The fourth-order valence-electron chi connectivity index (χ4n) is 2.33. The van der Waals surface area contributed by atoms with Crippen LogP contribution >= 0.6 is 0 Å². The molecular weight excluding hydrogens is 309 g/mol. The predicted octanol–water partition coefficient (Wildman–Crippen LogP) is 3.38. The van der Waals surface area contributed by atoms with Crippen LogP contribution in [0.5, 0.6) is 0 Å². The van der Waals surface area contributed by atoms with Crippen LogP contribution in [0, 0.1) is 12.7 Å². The lowest BCUT2D eigenvalue weighted by Gasteiger charge is -2.02. The van der Waals surface area contributed by atoms with E-state index in [1.165, 1.54) is 6.07 Å². The number of nitrogen functional groups attached to an aromatic ring is 1. The number of hydrogen-bond acceptors (Lipinski definition) is 6. The van der Waals surface area contributed by atoms with E-state index in [-0.39, 0.29) is 23.4 Å². The van der Waals surface area contributed by atoms with Crippen molar-refractivity contribution in [3.8, 4) is 23.0 Å². The molecule has 0 radical (unpaired) electrons. The maximum atomic E-state index is 13.7. The van der Waals surface area contributed by atoms with E-state index in [4.69, 9.17) is 10.2 Å². The number of hydrogen-bond donors (Lipinski definition) is 1. The molecule has 2 heterocycles. The van der Waals surface area contributed by atoms with E-state index < -0.39 is 0 Å². The number of fused-ring (bicyclic) bond motifs is 1. The first-order chi connectivity index (χ1) is 11.6. The molecule has 4 rings (SSSR count). The summed E-state index contributed by atoms with van der Waals surface area (Å²) in [5.74, 6) is 0.191. The van der Waals surface area contributed by atoms with Gasteiger partial charge in [0.25, 0.3) is 5.89 Å². The highest BCUT2D eigenvalue weighted by Crippen LogP contribution is 2.27. The molecule has 0 saturated heterocycles. The van der Waals surface area contributed by atoms with Gasteiger partial charge in [0.05, 0.1) is 11.0 Å². The van der Waals surface area contributed by atoms with Crippen molar-refractivity contribution in [3.63, 3.8) is 0 Å². The van der Waals surface area contributed by atoms with Gasteiger partial charge < -0.3 is 10.2 Å². The fraction of sp³-hybridized carbons (Fsp3) is 0.0588. The number of nitrogens with zero attached hydrogens (tertiary/aromatic N) is 4. The standard InChI is InChI=1S/C17H12FN5O/c1-9-6-7-10(8-11(9)18)16-22-23-17(24-16)14-15(19)21-13-5-3-2-4-12(13)20-14/h2-8H,1H3,(H2,19,21). The number of para-hydroxylation sites is 2. The molecule has 2 aromatic carbocycles. The molecule has 2 N–H and O–H groups in total. The molecule has 118 valence electrons. The number of benzene rings is 2. The number of halogens is 1. The quantitative estimate of drug-likeness (QED) is 0.608. The normalized spacial score (nSPS) is 11.1. The molecule has 0 aliphatic rings. The largest absolute Gasteiger partial charge is 0.414 e. The molecule has 4 aromatic rings. The summed E-state index contributed by atoms with van der Waals surface area (Å²) in [7, 11) is 0. The van der Waals surface area contributed by atoms with E-state index in [0.717, 1.165) is 0 Å². The molecule has 0 aliphatic carbocycles.